The van der Waals surface area contributed by atoms with E-state index in [1.807, 2.05) is 4.68 Å². The summed E-state index contributed by atoms with van der Waals surface area (Å²) in [7, 11) is 0. The molecule has 0 bridgehead atoms. The van der Waals surface area contributed by atoms with Gasteiger partial charge in [0.1, 0.15) is 12.2 Å². The van der Waals surface area contributed by atoms with Gasteiger partial charge in [0.25, 0.3) is 0 Å². The van der Waals surface area contributed by atoms with E-state index in [0.717, 1.165) is 31.6 Å². The van der Waals surface area contributed by atoms with Crippen molar-refractivity contribution in [3.8, 4) is 0 Å². The Balaban J connectivity index is 2.05. The quantitative estimate of drug-likeness (QED) is 0.610. The Morgan fingerprint density at radius 1 is 1.53 bits per heavy atom. The first-order chi connectivity index (χ1) is 8.15. The third kappa shape index (κ3) is 3.56. The number of halogens is 1. The van der Waals surface area contributed by atoms with Gasteiger partial charge < -0.3 is 0 Å². The zero-order valence-electron chi connectivity index (χ0n) is 10.6. The predicted octanol–water partition coefficient (Wildman–Crippen LogP) is 3.19. The summed E-state index contributed by atoms with van der Waals surface area (Å²) >= 11 is 6.16. The van der Waals surface area contributed by atoms with Crippen molar-refractivity contribution in [2.24, 2.45) is 5.92 Å². The molecule has 0 saturated carbocycles. The monoisotopic (exact) mass is 253 g/mol. The molecule has 1 aromatic heterocycles. The van der Waals surface area contributed by atoms with Crippen LogP contribution < -0.4 is 0 Å². The summed E-state index contributed by atoms with van der Waals surface area (Å²) in [6.45, 7) is 5.33. The number of hydrogen-bond acceptors (Lipinski definition) is 2. The van der Waals surface area contributed by atoms with E-state index in [0.29, 0.717) is 5.92 Å². The standard InChI is InChI=1S/C13H20ClN3/c1-10(2)8-17-13(15-9-16-17)7-11-4-3-5-12(14)6-11/h6,9-10,12H,3-5,7-8H2,1-2H3. The van der Waals surface area contributed by atoms with Crippen LogP contribution in [0.2, 0.25) is 0 Å². The van der Waals surface area contributed by atoms with E-state index < -0.39 is 0 Å². The Morgan fingerprint density at radius 3 is 3.06 bits per heavy atom. The van der Waals surface area contributed by atoms with Crippen molar-refractivity contribution in [1.82, 2.24) is 14.8 Å². The predicted molar refractivity (Wildman–Crippen MR) is 70.1 cm³/mol. The van der Waals surface area contributed by atoms with Crippen LogP contribution in [0, 0.1) is 5.92 Å². The van der Waals surface area contributed by atoms with E-state index >= 15 is 0 Å². The minimum absolute atomic E-state index is 0.209. The molecule has 1 unspecified atom stereocenters. The molecule has 1 aromatic rings. The number of alkyl halides is 1. The lowest BCUT2D eigenvalue weighted by Crippen LogP contribution is -2.12. The summed E-state index contributed by atoms with van der Waals surface area (Å²) in [5.74, 6) is 1.66. The summed E-state index contributed by atoms with van der Waals surface area (Å²) in [6.07, 6.45) is 8.19. The maximum atomic E-state index is 6.16. The molecular weight excluding hydrogens is 234 g/mol. The third-order valence-corrected chi connectivity index (χ3v) is 3.36. The highest BCUT2D eigenvalue weighted by Crippen LogP contribution is 2.24. The van der Waals surface area contributed by atoms with Gasteiger partial charge in [-0.3, -0.25) is 0 Å². The van der Waals surface area contributed by atoms with Gasteiger partial charge >= 0.3 is 0 Å². The van der Waals surface area contributed by atoms with Crippen LogP contribution in [0.25, 0.3) is 0 Å². The van der Waals surface area contributed by atoms with Crippen molar-refractivity contribution in [2.75, 3.05) is 0 Å². The van der Waals surface area contributed by atoms with Crippen molar-refractivity contribution in [2.45, 2.75) is 51.5 Å². The number of nitrogens with zero attached hydrogens (tertiary/aromatic N) is 3. The molecule has 0 spiro atoms. The van der Waals surface area contributed by atoms with Gasteiger partial charge in [-0.05, 0) is 25.2 Å². The molecule has 1 atom stereocenters. The van der Waals surface area contributed by atoms with Crippen LogP contribution in [0.3, 0.4) is 0 Å². The maximum Gasteiger partial charge on any atom is 0.138 e. The van der Waals surface area contributed by atoms with Gasteiger partial charge in [0.05, 0.1) is 5.38 Å². The van der Waals surface area contributed by atoms with E-state index in [9.17, 15) is 0 Å². The molecule has 0 saturated heterocycles. The van der Waals surface area contributed by atoms with Crippen molar-refractivity contribution in [3.63, 3.8) is 0 Å². The van der Waals surface area contributed by atoms with Crippen molar-refractivity contribution in [1.29, 1.82) is 0 Å². The molecule has 17 heavy (non-hydrogen) atoms. The Hall–Kier alpha value is -0.830. The molecule has 0 fully saturated rings. The van der Waals surface area contributed by atoms with Crippen LogP contribution in [0.1, 0.15) is 38.9 Å². The molecular formula is C13H20ClN3. The molecule has 1 heterocycles. The molecule has 2 rings (SSSR count). The molecule has 0 aromatic carbocycles. The van der Waals surface area contributed by atoms with Gasteiger partial charge in [-0.1, -0.05) is 25.5 Å². The average molecular weight is 254 g/mol. The fraction of sp³-hybridized carbons (Fsp3) is 0.692. The maximum absolute atomic E-state index is 6.16. The van der Waals surface area contributed by atoms with Gasteiger partial charge in [-0.15, -0.1) is 11.6 Å². The fourth-order valence-electron chi connectivity index (χ4n) is 2.22. The first-order valence-electron chi connectivity index (χ1n) is 6.35. The summed E-state index contributed by atoms with van der Waals surface area (Å²) in [5.41, 5.74) is 1.41. The summed E-state index contributed by atoms with van der Waals surface area (Å²) in [6, 6.07) is 0. The lowest BCUT2D eigenvalue weighted by atomic mass is 9.96. The largest absolute Gasteiger partial charge is 0.250 e. The lowest BCUT2D eigenvalue weighted by Gasteiger charge is -2.16. The Morgan fingerprint density at radius 2 is 2.35 bits per heavy atom. The van der Waals surface area contributed by atoms with Gasteiger partial charge in [-0.2, -0.15) is 5.10 Å². The van der Waals surface area contributed by atoms with Gasteiger partial charge in [0.2, 0.25) is 0 Å². The first-order valence-corrected chi connectivity index (χ1v) is 6.79. The lowest BCUT2D eigenvalue weighted by molar-refractivity contribution is 0.467. The van der Waals surface area contributed by atoms with Gasteiger partial charge in [0.15, 0.2) is 0 Å². The molecule has 0 radical (unpaired) electrons. The number of allylic oxidation sites excluding steroid dienone is 2. The first kappa shape index (κ1) is 12.6. The van der Waals surface area contributed by atoms with E-state index in [1.165, 1.54) is 12.0 Å². The van der Waals surface area contributed by atoms with Crippen LogP contribution >= 0.6 is 11.6 Å². The van der Waals surface area contributed by atoms with Crippen LogP contribution in [-0.2, 0) is 13.0 Å². The van der Waals surface area contributed by atoms with Crippen LogP contribution in [-0.4, -0.2) is 20.1 Å². The highest BCUT2D eigenvalue weighted by molar-refractivity contribution is 6.21. The smallest absolute Gasteiger partial charge is 0.138 e. The second-order valence-electron chi connectivity index (χ2n) is 5.16. The number of rotatable bonds is 4. The third-order valence-electron chi connectivity index (χ3n) is 3.01. The van der Waals surface area contributed by atoms with Crippen molar-refractivity contribution >= 4 is 11.6 Å². The molecule has 0 amide bonds. The molecule has 94 valence electrons. The topological polar surface area (TPSA) is 30.7 Å². The van der Waals surface area contributed by atoms with Crippen molar-refractivity contribution < 1.29 is 0 Å². The molecule has 1 aliphatic carbocycles. The molecule has 4 heteroatoms. The average Bonchev–Trinajstić information content (AvgIpc) is 2.65. The van der Waals surface area contributed by atoms with E-state index in [2.05, 4.69) is 30.0 Å². The highest BCUT2D eigenvalue weighted by atomic mass is 35.5. The zero-order chi connectivity index (χ0) is 12.3. The van der Waals surface area contributed by atoms with E-state index in [1.54, 1.807) is 6.33 Å². The Labute approximate surface area is 108 Å². The highest BCUT2D eigenvalue weighted by Gasteiger charge is 2.14. The Bertz CT molecular complexity index is 395. The van der Waals surface area contributed by atoms with E-state index in [-0.39, 0.29) is 5.38 Å². The summed E-state index contributed by atoms with van der Waals surface area (Å²) in [4.78, 5) is 4.36. The summed E-state index contributed by atoms with van der Waals surface area (Å²) in [5, 5.41) is 4.49. The molecule has 3 nitrogen and oxygen atoms in total. The Kier molecular flexibility index (Phi) is 4.21. The normalized spacial score (nSPS) is 20.7. The molecule has 0 N–H and O–H groups in total. The van der Waals surface area contributed by atoms with Gasteiger partial charge in [0, 0.05) is 13.0 Å². The van der Waals surface area contributed by atoms with Crippen LogP contribution in [0.4, 0.5) is 0 Å². The van der Waals surface area contributed by atoms with Crippen LogP contribution in [0.5, 0.6) is 0 Å². The molecule has 1 aliphatic rings. The number of hydrogen-bond donors (Lipinski definition) is 0. The summed E-state index contributed by atoms with van der Waals surface area (Å²) < 4.78 is 2.02. The van der Waals surface area contributed by atoms with E-state index in [4.69, 9.17) is 11.6 Å². The van der Waals surface area contributed by atoms with Crippen molar-refractivity contribution in [3.05, 3.63) is 23.8 Å². The minimum atomic E-state index is 0.209. The van der Waals surface area contributed by atoms with Gasteiger partial charge in [-0.25, -0.2) is 9.67 Å². The zero-order valence-corrected chi connectivity index (χ0v) is 11.3. The minimum Gasteiger partial charge on any atom is -0.250 e. The second kappa shape index (κ2) is 5.67. The molecule has 0 aliphatic heterocycles. The SMILES string of the molecule is CC(C)Cn1ncnc1CC1=CC(Cl)CCC1. The number of aromatic nitrogens is 3. The van der Waals surface area contributed by atoms with Crippen LogP contribution in [0.15, 0.2) is 18.0 Å². The second-order valence-corrected chi connectivity index (χ2v) is 5.72. The fourth-order valence-corrected chi connectivity index (χ4v) is 2.55.